The topological polar surface area (TPSA) is 87.5 Å². The monoisotopic (exact) mass is 414 g/mol. The van der Waals surface area contributed by atoms with Crippen LogP contribution in [0.4, 0.5) is 5.00 Å². The molecule has 0 bridgehead atoms. The normalized spacial score (nSPS) is 20.5. The van der Waals surface area contributed by atoms with Crippen LogP contribution < -0.4 is 16.4 Å². The Bertz CT molecular complexity index is 693. The lowest BCUT2D eigenvalue weighted by molar-refractivity contribution is -0.117. The maximum atomic E-state index is 12.5. The minimum absolute atomic E-state index is 0. The average Bonchev–Trinajstić information content (AvgIpc) is 2.91. The number of carbonyl (C=O) groups is 2. The van der Waals surface area contributed by atoms with Gasteiger partial charge in [-0.15, -0.1) is 23.7 Å². The van der Waals surface area contributed by atoms with Crippen LogP contribution in [0, 0.1) is 11.3 Å². The van der Waals surface area contributed by atoms with Gasteiger partial charge in [-0.05, 0) is 36.2 Å². The van der Waals surface area contributed by atoms with Crippen LogP contribution in [0.1, 0.15) is 48.0 Å². The van der Waals surface area contributed by atoms with Crippen molar-refractivity contribution in [3.63, 3.8) is 0 Å². The molecule has 27 heavy (non-hydrogen) atoms. The molecule has 1 fully saturated rings. The van der Waals surface area contributed by atoms with Crippen molar-refractivity contribution in [1.82, 2.24) is 10.2 Å². The van der Waals surface area contributed by atoms with Crippen molar-refractivity contribution in [3.8, 4) is 0 Å². The van der Waals surface area contributed by atoms with Gasteiger partial charge in [0.25, 0.3) is 5.91 Å². The van der Waals surface area contributed by atoms with Crippen LogP contribution in [0.2, 0.25) is 0 Å². The molecular formula is C19H31ClN4O2S. The Labute approximate surface area is 171 Å². The van der Waals surface area contributed by atoms with Gasteiger partial charge in [0.1, 0.15) is 5.00 Å². The van der Waals surface area contributed by atoms with Crippen LogP contribution in [0.5, 0.6) is 0 Å². The van der Waals surface area contributed by atoms with E-state index in [9.17, 15) is 9.59 Å². The van der Waals surface area contributed by atoms with Crippen LogP contribution in [-0.2, 0) is 17.6 Å². The first-order valence-electron chi connectivity index (χ1n) is 9.43. The molecule has 1 aromatic heterocycles. The van der Waals surface area contributed by atoms with E-state index in [1.165, 1.54) is 16.2 Å². The predicted molar refractivity (Wildman–Crippen MR) is 113 cm³/mol. The van der Waals surface area contributed by atoms with Crippen molar-refractivity contribution >= 4 is 40.6 Å². The number of hydrogen-bond acceptors (Lipinski definition) is 5. The number of rotatable bonds is 4. The zero-order chi connectivity index (χ0) is 18.9. The third kappa shape index (κ3) is 5.22. The summed E-state index contributed by atoms with van der Waals surface area (Å²) in [5.74, 6) is 0.0772. The molecule has 0 spiro atoms. The Balaban J connectivity index is 0.00000261. The zero-order valence-corrected chi connectivity index (χ0v) is 18.0. The number of nitrogens with two attached hydrogens (primary N) is 1. The maximum Gasteiger partial charge on any atom is 0.251 e. The number of thiophene rings is 1. The number of primary amides is 1. The van der Waals surface area contributed by atoms with E-state index in [0.29, 0.717) is 23.0 Å². The highest BCUT2D eigenvalue weighted by molar-refractivity contribution is 7.17. The molecule has 6 nitrogen and oxygen atoms in total. The van der Waals surface area contributed by atoms with E-state index in [4.69, 9.17) is 5.73 Å². The van der Waals surface area contributed by atoms with Gasteiger partial charge in [-0.1, -0.05) is 20.8 Å². The molecule has 1 atom stereocenters. The number of nitrogens with one attached hydrogen (secondary N) is 2. The molecule has 2 amide bonds. The van der Waals surface area contributed by atoms with Crippen LogP contribution >= 0.6 is 23.7 Å². The SMILES string of the molecule is CC(C)(C)C1CCc2c(sc(NC(=O)CN3CCNCC3)c2C(N)=O)C1.Cl. The second-order valence-corrected chi connectivity index (χ2v) is 9.56. The Morgan fingerprint density at radius 1 is 1.30 bits per heavy atom. The van der Waals surface area contributed by atoms with Crippen LogP contribution in [0.25, 0.3) is 0 Å². The molecule has 0 radical (unpaired) electrons. The van der Waals surface area contributed by atoms with Crippen molar-refractivity contribution in [1.29, 1.82) is 0 Å². The van der Waals surface area contributed by atoms with Gasteiger partial charge in [0.2, 0.25) is 5.91 Å². The fourth-order valence-electron chi connectivity index (χ4n) is 3.91. The molecule has 152 valence electrons. The lowest BCUT2D eigenvalue weighted by Gasteiger charge is -2.33. The molecule has 0 aromatic carbocycles. The summed E-state index contributed by atoms with van der Waals surface area (Å²) < 4.78 is 0. The highest BCUT2D eigenvalue weighted by Gasteiger charge is 2.33. The number of halogens is 1. The molecule has 8 heteroatoms. The minimum Gasteiger partial charge on any atom is -0.365 e. The van der Waals surface area contributed by atoms with Gasteiger partial charge in [0, 0.05) is 31.1 Å². The van der Waals surface area contributed by atoms with Gasteiger partial charge in [0.15, 0.2) is 0 Å². The standard InChI is InChI=1S/C19H30N4O2S.ClH/c1-19(2,3)12-4-5-13-14(10-12)26-18(16(13)17(20)25)22-15(24)11-23-8-6-21-7-9-23;/h12,21H,4-11H2,1-3H3,(H2,20,25)(H,22,24);1H. The van der Waals surface area contributed by atoms with E-state index in [0.717, 1.165) is 51.0 Å². The Morgan fingerprint density at radius 2 is 1.96 bits per heavy atom. The number of amides is 2. The summed E-state index contributed by atoms with van der Waals surface area (Å²) >= 11 is 1.54. The molecule has 0 saturated carbocycles. The first-order chi connectivity index (χ1) is 12.3. The average molecular weight is 415 g/mol. The van der Waals surface area contributed by atoms with Crippen LogP contribution in [0.3, 0.4) is 0 Å². The molecule has 1 unspecified atom stereocenters. The summed E-state index contributed by atoms with van der Waals surface area (Å²) in [5.41, 5.74) is 7.49. The minimum atomic E-state index is -0.436. The van der Waals surface area contributed by atoms with Crippen molar-refractivity contribution in [2.24, 2.45) is 17.1 Å². The number of carbonyl (C=O) groups excluding carboxylic acids is 2. The highest BCUT2D eigenvalue weighted by Crippen LogP contribution is 2.44. The van der Waals surface area contributed by atoms with Gasteiger partial charge in [-0.2, -0.15) is 0 Å². The van der Waals surface area contributed by atoms with Gasteiger partial charge in [0.05, 0.1) is 12.1 Å². The molecule has 4 N–H and O–H groups in total. The highest BCUT2D eigenvalue weighted by atomic mass is 35.5. The van der Waals surface area contributed by atoms with E-state index in [1.54, 1.807) is 0 Å². The number of hydrogen-bond donors (Lipinski definition) is 3. The third-order valence-corrected chi connectivity index (χ3v) is 6.74. The Kier molecular flexibility index (Phi) is 7.30. The van der Waals surface area contributed by atoms with E-state index < -0.39 is 5.91 Å². The van der Waals surface area contributed by atoms with Gasteiger partial charge >= 0.3 is 0 Å². The summed E-state index contributed by atoms with van der Waals surface area (Å²) in [7, 11) is 0. The van der Waals surface area contributed by atoms with Crippen molar-refractivity contribution < 1.29 is 9.59 Å². The lowest BCUT2D eigenvalue weighted by Crippen LogP contribution is -2.46. The molecule has 2 aliphatic rings. The quantitative estimate of drug-likeness (QED) is 0.705. The van der Waals surface area contributed by atoms with Gasteiger partial charge in [-0.25, -0.2) is 0 Å². The summed E-state index contributed by atoms with van der Waals surface area (Å²) in [6.07, 6.45) is 2.87. The van der Waals surface area contributed by atoms with E-state index in [-0.39, 0.29) is 23.7 Å². The first kappa shape index (κ1) is 22.1. The molecule has 1 aliphatic heterocycles. The lowest BCUT2D eigenvalue weighted by atomic mass is 9.72. The van der Waals surface area contributed by atoms with Crippen LogP contribution in [-0.4, -0.2) is 49.4 Å². The second kappa shape index (κ2) is 8.90. The fourth-order valence-corrected chi connectivity index (χ4v) is 5.26. The first-order valence-corrected chi connectivity index (χ1v) is 10.2. The second-order valence-electron chi connectivity index (χ2n) is 8.45. The number of nitrogens with zero attached hydrogens (tertiary/aromatic N) is 1. The van der Waals surface area contributed by atoms with Crippen LogP contribution in [0.15, 0.2) is 0 Å². The van der Waals surface area contributed by atoms with E-state index >= 15 is 0 Å². The Morgan fingerprint density at radius 3 is 2.56 bits per heavy atom. The smallest absolute Gasteiger partial charge is 0.251 e. The van der Waals surface area contributed by atoms with Crippen molar-refractivity contribution in [2.75, 3.05) is 38.0 Å². The summed E-state index contributed by atoms with van der Waals surface area (Å²) in [6, 6.07) is 0. The predicted octanol–water partition coefficient (Wildman–Crippen LogP) is 2.26. The fraction of sp³-hybridized carbons (Fsp3) is 0.684. The van der Waals surface area contributed by atoms with Gasteiger partial charge < -0.3 is 16.4 Å². The summed E-state index contributed by atoms with van der Waals surface area (Å²) in [4.78, 5) is 27.9. The largest absolute Gasteiger partial charge is 0.365 e. The molecule has 1 aliphatic carbocycles. The Hall–Kier alpha value is -1.15. The van der Waals surface area contributed by atoms with Crippen molar-refractivity contribution in [3.05, 3.63) is 16.0 Å². The molecule has 1 aromatic rings. The number of anilines is 1. The van der Waals surface area contributed by atoms with E-state index in [2.05, 4.69) is 36.3 Å². The summed E-state index contributed by atoms with van der Waals surface area (Å²) in [6.45, 7) is 10.7. The molecule has 3 rings (SSSR count). The molecule has 2 heterocycles. The van der Waals surface area contributed by atoms with Gasteiger partial charge in [-0.3, -0.25) is 14.5 Å². The number of fused-ring (bicyclic) bond motifs is 1. The molecule has 1 saturated heterocycles. The maximum absolute atomic E-state index is 12.5. The number of piperazine rings is 1. The summed E-state index contributed by atoms with van der Waals surface area (Å²) in [5, 5.41) is 6.88. The van der Waals surface area contributed by atoms with E-state index in [1.807, 2.05) is 0 Å². The third-order valence-electron chi connectivity index (χ3n) is 5.57. The van der Waals surface area contributed by atoms with Crippen molar-refractivity contribution in [2.45, 2.75) is 40.0 Å². The zero-order valence-electron chi connectivity index (χ0n) is 16.4. The molecular weight excluding hydrogens is 384 g/mol.